The molecule has 33 heavy (non-hydrogen) atoms. The molecule has 7 nitrogen and oxygen atoms in total. The summed E-state index contributed by atoms with van der Waals surface area (Å²) in [6, 6.07) is 4.25. The minimum atomic E-state index is -4.80. The molecule has 0 unspecified atom stereocenters. The minimum absolute atomic E-state index is 0.0756. The van der Waals surface area contributed by atoms with Crippen molar-refractivity contribution in [2.75, 3.05) is 5.73 Å². The zero-order valence-electron chi connectivity index (χ0n) is 16.6. The highest BCUT2D eigenvalue weighted by Gasteiger charge is 2.42. The van der Waals surface area contributed by atoms with Crippen molar-refractivity contribution in [3.05, 3.63) is 89.4 Å². The SMILES string of the molecule is Nc1ncc(C#Cc2cnc3ccc(C(=O)N[C@H](c4ccc(F)cc4)C(F)(F)F)n3c2)cn1. The van der Waals surface area contributed by atoms with Gasteiger partial charge in [-0.15, -0.1) is 0 Å². The Balaban J connectivity index is 1.63. The summed E-state index contributed by atoms with van der Waals surface area (Å²) in [5, 5.41) is 1.97. The molecule has 4 rings (SSSR count). The van der Waals surface area contributed by atoms with E-state index in [1.165, 1.54) is 41.3 Å². The number of carbonyl (C=O) groups excluding carboxylic acids is 1. The van der Waals surface area contributed by atoms with Crippen LogP contribution in [0.5, 0.6) is 0 Å². The average molecular weight is 454 g/mol. The summed E-state index contributed by atoms with van der Waals surface area (Å²) >= 11 is 0. The molecule has 1 amide bonds. The van der Waals surface area contributed by atoms with E-state index in [0.717, 1.165) is 24.3 Å². The molecule has 3 N–H and O–H groups in total. The van der Waals surface area contributed by atoms with Gasteiger partial charge in [0.25, 0.3) is 5.91 Å². The Bertz CT molecular complexity index is 1370. The molecule has 0 spiro atoms. The van der Waals surface area contributed by atoms with Gasteiger partial charge in [0.1, 0.15) is 17.2 Å². The van der Waals surface area contributed by atoms with E-state index < -0.39 is 23.9 Å². The third-order valence-electron chi connectivity index (χ3n) is 4.56. The number of alkyl halides is 3. The summed E-state index contributed by atoms with van der Waals surface area (Å²) in [6.45, 7) is 0. The van der Waals surface area contributed by atoms with E-state index in [1.807, 2.05) is 5.32 Å². The summed E-state index contributed by atoms with van der Waals surface area (Å²) in [6.07, 6.45) is 1.00. The second-order valence-electron chi connectivity index (χ2n) is 6.87. The molecule has 0 radical (unpaired) electrons. The number of nitrogens with one attached hydrogen (secondary N) is 1. The van der Waals surface area contributed by atoms with Crippen molar-refractivity contribution >= 4 is 17.5 Å². The number of hydrogen-bond acceptors (Lipinski definition) is 5. The number of aromatic nitrogens is 4. The molecule has 1 atom stereocenters. The van der Waals surface area contributed by atoms with Crippen molar-refractivity contribution in [3.8, 4) is 11.8 Å². The number of carbonyl (C=O) groups is 1. The Kier molecular flexibility index (Phi) is 5.66. The van der Waals surface area contributed by atoms with Crippen molar-refractivity contribution in [1.82, 2.24) is 24.7 Å². The minimum Gasteiger partial charge on any atom is -0.368 e. The summed E-state index contributed by atoms with van der Waals surface area (Å²) in [7, 11) is 0. The molecule has 166 valence electrons. The molecule has 3 heterocycles. The van der Waals surface area contributed by atoms with E-state index in [0.29, 0.717) is 16.8 Å². The predicted octanol–water partition coefficient (Wildman–Crippen LogP) is 3.28. The molecule has 3 aromatic heterocycles. The Hall–Kier alpha value is -4.46. The summed E-state index contributed by atoms with van der Waals surface area (Å²) in [4.78, 5) is 24.6. The Morgan fingerprint density at radius 1 is 0.970 bits per heavy atom. The van der Waals surface area contributed by atoms with Gasteiger partial charge in [0.15, 0.2) is 6.04 Å². The number of halogens is 4. The zero-order valence-corrected chi connectivity index (χ0v) is 16.6. The van der Waals surface area contributed by atoms with E-state index in [4.69, 9.17) is 5.73 Å². The second-order valence-corrected chi connectivity index (χ2v) is 6.87. The number of nitrogens with zero attached hydrogens (tertiary/aromatic N) is 4. The largest absolute Gasteiger partial charge is 0.412 e. The van der Waals surface area contributed by atoms with Gasteiger partial charge in [-0.25, -0.2) is 19.3 Å². The molecule has 0 saturated carbocycles. The maximum atomic E-state index is 13.6. The van der Waals surface area contributed by atoms with E-state index in [-0.39, 0.29) is 17.2 Å². The number of benzene rings is 1. The van der Waals surface area contributed by atoms with E-state index >= 15 is 0 Å². The molecule has 1 aromatic carbocycles. The zero-order chi connectivity index (χ0) is 23.6. The first-order valence-corrected chi connectivity index (χ1v) is 9.40. The fourth-order valence-electron chi connectivity index (χ4n) is 3.00. The fraction of sp³-hybridized carbons (Fsp3) is 0.0909. The van der Waals surface area contributed by atoms with Crippen LogP contribution in [0, 0.1) is 17.7 Å². The van der Waals surface area contributed by atoms with Crippen LogP contribution in [0.15, 0.2) is 61.2 Å². The van der Waals surface area contributed by atoms with Crippen LogP contribution in [0.25, 0.3) is 5.65 Å². The van der Waals surface area contributed by atoms with Gasteiger partial charge in [-0.05, 0) is 29.8 Å². The van der Waals surface area contributed by atoms with E-state index in [9.17, 15) is 22.4 Å². The Morgan fingerprint density at radius 2 is 1.61 bits per heavy atom. The maximum Gasteiger partial charge on any atom is 0.412 e. The molecule has 0 saturated heterocycles. The summed E-state index contributed by atoms with van der Waals surface area (Å²) < 4.78 is 55.3. The van der Waals surface area contributed by atoms with Gasteiger partial charge < -0.3 is 11.1 Å². The highest BCUT2D eigenvalue weighted by atomic mass is 19.4. The fourth-order valence-corrected chi connectivity index (χ4v) is 3.00. The molecule has 4 aromatic rings. The van der Waals surface area contributed by atoms with Gasteiger partial charge in [-0.3, -0.25) is 9.20 Å². The molecule has 0 fully saturated rings. The van der Waals surface area contributed by atoms with Gasteiger partial charge >= 0.3 is 6.18 Å². The number of amides is 1. The first-order valence-electron chi connectivity index (χ1n) is 9.40. The van der Waals surface area contributed by atoms with Gasteiger partial charge in [0, 0.05) is 24.8 Å². The van der Waals surface area contributed by atoms with Gasteiger partial charge in [0.2, 0.25) is 5.95 Å². The molecule has 11 heteroatoms. The standard InChI is InChI=1S/C22H14F4N6O/c23-16-5-3-15(4-6-16)19(22(24,25)26)31-20(33)17-7-8-18-28-11-14(12-32(17)18)2-1-13-9-29-21(27)30-10-13/h3-12,19H,(H,31,33)(H2,27,29,30)/t19-/m1/s1. The van der Waals surface area contributed by atoms with Crippen LogP contribution >= 0.6 is 0 Å². The molecule has 0 aliphatic carbocycles. The van der Waals surface area contributed by atoms with Gasteiger partial charge in [-0.1, -0.05) is 24.0 Å². The van der Waals surface area contributed by atoms with E-state index in [1.54, 1.807) is 0 Å². The third-order valence-corrected chi connectivity index (χ3v) is 4.56. The first-order chi connectivity index (χ1) is 15.7. The molecule has 0 bridgehead atoms. The lowest BCUT2D eigenvalue weighted by atomic mass is 10.1. The van der Waals surface area contributed by atoms with Gasteiger partial charge in [-0.2, -0.15) is 13.2 Å². The maximum absolute atomic E-state index is 13.6. The lowest BCUT2D eigenvalue weighted by Gasteiger charge is -2.22. The molecule has 0 aliphatic heterocycles. The van der Waals surface area contributed by atoms with Crippen LogP contribution in [0.3, 0.4) is 0 Å². The third kappa shape index (κ3) is 4.90. The van der Waals surface area contributed by atoms with Crippen molar-refractivity contribution in [2.24, 2.45) is 0 Å². The van der Waals surface area contributed by atoms with Crippen LogP contribution in [0.1, 0.15) is 33.2 Å². The molecular formula is C22H14F4N6O. The van der Waals surface area contributed by atoms with Crippen LogP contribution < -0.4 is 11.1 Å². The number of rotatable bonds is 3. The van der Waals surface area contributed by atoms with Crippen molar-refractivity contribution in [3.63, 3.8) is 0 Å². The number of fused-ring (bicyclic) bond motifs is 1. The molecular weight excluding hydrogens is 440 g/mol. The lowest BCUT2D eigenvalue weighted by Crippen LogP contribution is -2.38. The van der Waals surface area contributed by atoms with Crippen molar-refractivity contribution < 1.29 is 22.4 Å². The Labute approximate surface area is 184 Å². The topological polar surface area (TPSA) is 98.2 Å². The smallest absolute Gasteiger partial charge is 0.368 e. The monoisotopic (exact) mass is 454 g/mol. The lowest BCUT2D eigenvalue weighted by molar-refractivity contribution is -0.155. The van der Waals surface area contributed by atoms with Crippen LogP contribution in [0.2, 0.25) is 0 Å². The van der Waals surface area contributed by atoms with Gasteiger partial charge in [0.05, 0.1) is 11.1 Å². The highest BCUT2D eigenvalue weighted by molar-refractivity contribution is 5.94. The average Bonchev–Trinajstić information content (AvgIpc) is 3.20. The van der Waals surface area contributed by atoms with Crippen LogP contribution in [-0.4, -0.2) is 31.4 Å². The number of hydrogen-bond donors (Lipinski definition) is 2. The number of anilines is 1. The number of nitrogens with two attached hydrogens (primary N) is 1. The van der Waals surface area contributed by atoms with E-state index in [2.05, 4.69) is 26.8 Å². The van der Waals surface area contributed by atoms with Crippen LogP contribution in [-0.2, 0) is 0 Å². The highest BCUT2D eigenvalue weighted by Crippen LogP contribution is 2.33. The summed E-state index contributed by atoms with van der Waals surface area (Å²) in [5.41, 5.74) is 6.28. The number of nitrogen functional groups attached to an aromatic ring is 1. The Morgan fingerprint density at radius 3 is 2.27 bits per heavy atom. The first kappa shape index (κ1) is 21.8. The van der Waals surface area contributed by atoms with Crippen LogP contribution in [0.4, 0.5) is 23.5 Å². The predicted molar refractivity (Wildman–Crippen MR) is 110 cm³/mol. The normalized spacial score (nSPS) is 12.1. The summed E-state index contributed by atoms with van der Waals surface area (Å²) in [5.74, 6) is 4.06. The molecule has 0 aliphatic rings. The quantitative estimate of drug-likeness (QED) is 0.366. The van der Waals surface area contributed by atoms with Crippen molar-refractivity contribution in [2.45, 2.75) is 12.2 Å². The van der Waals surface area contributed by atoms with Crippen molar-refractivity contribution in [1.29, 1.82) is 0 Å². The second kappa shape index (κ2) is 8.58.